The Hall–Kier alpha value is -2.01. The number of amides is 1. The molecule has 4 nitrogen and oxygen atoms in total. The summed E-state index contributed by atoms with van der Waals surface area (Å²) < 4.78 is 5.07. The quantitative estimate of drug-likeness (QED) is 0.865. The lowest BCUT2D eigenvalue weighted by atomic mass is 10.2. The maximum atomic E-state index is 12.2. The average Bonchev–Trinajstić information content (AvgIpc) is 2.86. The SMILES string of the molecule is COc1csc(C(=O)N(C)c2ccc(N)cc2)c1. The van der Waals surface area contributed by atoms with Gasteiger partial charge >= 0.3 is 0 Å². The van der Waals surface area contributed by atoms with Gasteiger partial charge in [-0.1, -0.05) is 0 Å². The van der Waals surface area contributed by atoms with Gasteiger partial charge in [0.25, 0.3) is 5.91 Å². The molecule has 0 atom stereocenters. The Bertz CT molecular complexity index is 548. The summed E-state index contributed by atoms with van der Waals surface area (Å²) in [4.78, 5) is 14.4. The van der Waals surface area contributed by atoms with Gasteiger partial charge in [0.1, 0.15) is 5.75 Å². The number of rotatable bonds is 3. The van der Waals surface area contributed by atoms with Crippen LogP contribution in [-0.2, 0) is 0 Å². The van der Waals surface area contributed by atoms with Gasteiger partial charge in [0.05, 0.1) is 12.0 Å². The molecule has 0 aliphatic carbocycles. The summed E-state index contributed by atoms with van der Waals surface area (Å²) >= 11 is 1.37. The molecule has 1 aromatic carbocycles. The van der Waals surface area contributed by atoms with Crippen LogP contribution in [0, 0.1) is 0 Å². The number of methoxy groups -OCH3 is 1. The molecule has 2 rings (SSSR count). The van der Waals surface area contributed by atoms with Gasteiger partial charge in [-0.15, -0.1) is 11.3 Å². The molecule has 2 aromatic rings. The van der Waals surface area contributed by atoms with Gasteiger partial charge in [-0.05, 0) is 24.3 Å². The summed E-state index contributed by atoms with van der Waals surface area (Å²) in [6.07, 6.45) is 0. The fourth-order valence-corrected chi connectivity index (χ4v) is 2.35. The largest absolute Gasteiger partial charge is 0.496 e. The van der Waals surface area contributed by atoms with E-state index in [1.807, 2.05) is 17.5 Å². The summed E-state index contributed by atoms with van der Waals surface area (Å²) in [6, 6.07) is 8.92. The van der Waals surface area contributed by atoms with Crippen molar-refractivity contribution in [2.24, 2.45) is 0 Å². The van der Waals surface area contributed by atoms with Crippen LogP contribution in [0.4, 0.5) is 11.4 Å². The first-order valence-corrected chi connectivity index (χ1v) is 6.26. The maximum Gasteiger partial charge on any atom is 0.268 e. The highest BCUT2D eigenvalue weighted by Gasteiger charge is 2.15. The number of anilines is 2. The van der Waals surface area contributed by atoms with E-state index in [-0.39, 0.29) is 5.91 Å². The lowest BCUT2D eigenvalue weighted by molar-refractivity contribution is 0.0996. The summed E-state index contributed by atoms with van der Waals surface area (Å²) in [5.41, 5.74) is 7.10. The van der Waals surface area contributed by atoms with Crippen molar-refractivity contribution in [2.75, 3.05) is 24.8 Å². The number of hydrogen-bond donors (Lipinski definition) is 1. The Morgan fingerprint density at radius 3 is 2.56 bits per heavy atom. The van der Waals surface area contributed by atoms with E-state index >= 15 is 0 Å². The first-order chi connectivity index (χ1) is 8.61. The topological polar surface area (TPSA) is 55.6 Å². The van der Waals surface area contributed by atoms with E-state index in [4.69, 9.17) is 10.5 Å². The molecule has 0 spiro atoms. The predicted octanol–water partition coefficient (Wildman–Crippen LogP) is 2.62. The normalized spacial score (nSPS) is 10.1. The fourth-order valence-electron chi connectivity index (χ4n) is 1.52. The third-order valence-corrected chi connectivity index (χ3v) is 3.50. The van der Waals surface area contributed by atoms with Gasteiger partial charge in [0.2, 0.25) is 0 Å². The minimum absolute atomic E-state index is 0.0620. The molecule has 94 valence electrons. The number of thiophene rings is 1. The summed E-state index contributed by atoms with van der Waals surface area (Å²) in [5.74, 6) is 0.641. The molecule has 0 saturated heterocycles. The number of hydrogen-bond acceptors (Lipinski definition) is 4. The molecule has 18 heavy (non-hydrogen) atoms. The summed E-state index contributed by atoms with van der Waals surface area (Å²) in [5, 5.41) is 1.81. The van der Waals surface area contributed by atoms with E-state index in [1.165, 1.54) is 11.3 Å². The van der Waals surface area contributed by atoms with Crippen LogP contribution in [0.1, 0.15) is 9.67 Å². The Morgan fingerprint density at radius 2 is 2.00 bits per heavy atom. The van der Waals surface area contributed by atoms with Gasteiger partial charge in [0, 0.05) is 29.9 Å². The number of nitrogens with two attached hydrogens (primary N) is 1. The van der Waals surface area contributed by atoms with Crippen molar-refractivity contribution >= 4 is 28.6 Å². The molecule has 1 amide bonds. The molecule has 0 radical (unpaired) electrons. The van der Waals surface area contributed by atoms with E-state index in [2.05, 4.69) is 0 Å². The third kappa shape index (κ3) is 2.46. The zero-order chi connectivity index (χ0) is 13.1. The van der Waals surface area contributed by atoms with Crippen molar-refractivity contribution in [2.45, 2.75) is 0 Å². The summed E-state index contributed by atoms with van der Waals surface area (Å²) in [6.45, 7) is 0. The predicted molar refractivity (Wildman–Crippen MR) is 74.5 cm³/mol. The van der Waals surface area contributed by atoms with Crippen LogP contribution in [0.5, 0.6) is 5.75 Å². The van der Waals surface area contributed by atoms with Gasteiger partial charge in [-0.25, -0.2) is 0 Å². The standard InChI is InChI=1S/C13H14N2O2S/c1-15(10-5-3-9(14)4-6-10)13(16)12-7-11(17-2)8-18-12/h3-8H,14H2,1-2H3. The van der Waals surface area contributed by atoms with Crippen LogP contribution in [-0.4, -0.2) is 20.1 Å². The second kappa shape index (κ2) is 5.10. The Morgan fingerprint density at radius 1 is 1.33 bits per heavy atom. The van der Waals surface area contributed by atoms with E-state index in [0.29, 0.717) is 16.3 Å². The minimum Gasteiger partial charge on any atom is -0.496 e. The molecule has 0 aliphatic rings. The molecular formula is C13H14N2O2S. The third-order valence-electron chi connectivity index (χ3n) is 2.61. The molecule has 0 bridgehead atoms. The highest BCUT2D eigenvalue weighted by Crippen LogP contribution is 2.24. The molecule has 0 saturated carbocycles. The van der Waals surface area contributed by atoms with Crippen LogP contribution in [0.25, 0.3) is 0 Å². The highest BCUT2D eigenvalue weighted by molar-refractivity contribution is 7.12. The van der Waals surface area contributed by atoms with Crippen molar-refractivity contribution in [3.8, 4) is 5.75 Å². The van der Waals surface area contributed by atoms with Gasteiger partial charge < -0.3 is 15.4 Å². The molecule has 0 fully saturated rings. The van der Waals surface area contributed by atoms with Crippen molar-refractivity contribution in [1.82, 2.24) is 0 Å². The number of carbonyl (C=O) groups is 1. The van der Waals surface area contributed by atoms with Crippen molar-refractivity contribution in [3.05, 3.63) is 40.6 Å². The molecule has 1 heterocycles. The second-order valence-electron chi connectivity index (χ2n) is 3.81. The van der Waals surface area contributed by atoms with Crippen molar-refractivity contribution < 1.29 is 9.53 Å². The van der Waals surface area contributed by atoms with Crippen LogP contribution < -0.4 is 15.4 Å². The van der Waals surface area contributed by atoms with Gasteiger partial charge in [-0.2, -0.15) is 0 Å². The molecular weight excluding hydrogens is 248 g/mol. The molecule has 0 unspecified atom stereocenters. The summed E-state index contributed by atoms with van der Waals surface area (Å²) in [7, 11) is 3.32. The number of carbonyl (C=O) groups excluding carboxylic acids is 1. The van der Waals surface area contributed by atoms with E-state index in [0.717, 1.165) is 5.69 Å². The maximum absolute atomic E-state index is 12.2. The number of benzene rings is 1. The van der Waals surface area contributed by atoms with E-state index in [1.54, 1.807) is 37.3 Å². The molecule has 2 N–H and O–H groups in total. The molecule has 1 aromatic heterocycles. The molecule has 5 heteroatoms. The average molecular weight is 262 g/mol. The van der Waals surface area contributed by atoms with E-state index < -0.39 is 0 Å². The Balaban J connectivity index is 2.20. The van der Waals surface area contributed by atoms with Crippen LogP contribution >= 0.6 is 11.3 Å². The Labute approximate surface area is 110 Å². The number of nitrogens with zero attached hydrogens (tertiary/aromatic N) is 1. The van der Waals surface area contributed by atoms with Crippen molar-refractivity contribution in [1.29, 1.82) is 0 Å². The fraction of sp³-hybridized carbons (Fsp3) is 0.154. The zero-order valence-corrected chi connectivity index (χ0v) is 11.0. The Kier molecular flexibility index (Phi) is 3.53. The van der Waals surface area contributed by atoms with E-state index in [9.17, 15) is 4.79 Å². The lowest BCUT2D eigenvalue weighted by Gasteiger charge is -2.16. The van der Waals surface area contributed by atoms with Crippen LogP contribution in [0.2, 0.25) is 0 Å². The zero-order valence-electron chi connectivity index (χ0n) is 10.2. The minimum atomic E-state index is -0.0620. The van der Waals surface area contributed by atoms with Crippen LogP contribution in [0.15, 0.2) is 35.7 Å². The van der Waals surface area contributed by atoms with Crippen molar-refractivity contribution in [3.63, 3.8) is 0 Å². The number of ether oxygens (including phenoxy) is 1. The van der Waals surface area contributed by atoms with Gasteiger partial charge in [0.15, 0.2) is 0 Å². The lowest BCUT2D eigenvalue weighted by Crippen LogP contribution is -2.25. The first kappa shape index (κ1) is 12.4. The monoisotopic (exact) mass is 262 g/mol. The smallest absolute Gasteiger partial charge is 0.268 e. The first-order valence-electron chi connectivity index (χ1n) is 5.38. The van der Waals surface area contributed by atoms with Gasteiger partial charge in [-0.3, -0.25) is 4.79 Å². The second-order valence-corrected chi connectivity index (χ2v) is 4.72. The molecule has 0 aliphatic heterocycles. The van der Waals surface area contributed by atoms with Crippen LogP contribution in [0.3, 0.4) is 0 Å². The number of nitrogen functional groups attached to an aromatic ring is 1. The highest BCUT2D eigenvalue weighted by atomic mass is 32.1.